The number of hydrogen-bond acceptors (Lipinski definition) is 3. The third kappa shape index (κ3) is 5.57. The summed E-state index contributed by atoms with van der Waals surface area (Å²) in [7, 11) is 0. The van der Waals surface area contributed by atoms with Crippen LogP contribution >= 0.6 is 11.8 Å². The van der Waals surface area contributed by atoms with E-state index in [4.69, 9.17) is 4.74 Å². The Balaban J connectivity index is 2.11. The first-order valence-electron chi connectivity index (χ1n) is 5.93. The molecule has 0 radical (unpaired) electrons. The normalized spacial score (nSPS) is 20.1. The van der Waals surface area contributed by atoms with Gasteiger partial charge in [-0.3, -0.25) is 4.79 Å². The zero-order valence-corrected chi connectivity index (χ0v) is 10.6. The molecule has 88 valence electrons. The topological polar surface area (TPSA) is 26.3 Å². The monoisotopic (exact) mass is 230 g/mol. The Labute approximate surface area is 97.1 Å². The van der Waals surface area contributed by atoms with Crippen molar-refractivity contribution in [2.45, 2.75) is 44.8 Å². The maximum Gasteiger partial charge on any atom is 0.143 e. The minimum atomic E-state index is 0.423. The predicted octanol–water partition coefficient (Wildman–Crippen LogP) is 2.90. The summed E-state index contributed by atoms with van der Waals surface area (Å²) in [6, 6.07) is 0. The highest BCUT2D eigenvalue weighted by Crippen LogP contribution is 2.21. The molecule has 1 rings (SSSR count). The molecule has 0 amide bonds. The highest BCUT2D eigenvalue weighted by Gasteiger charge is 2.17. The van der Waals surface area contributed by atoms with Gasteiger partial charge in [0.25, 0.3) is 0 Å². The summed E-state index contributed by atoms with van der Waals surface area (Å²) in [6.45, 7) is 6.04. The van der Waals surface area contributed by atoms with Crippen molar-refractivity contribution in [3.05, 3.63) is 0 Å². The molecule has 1 aliphatic heterocycles. The summed E-state index contributed by atoms with van der Waals surface area (Å²) in [4.78, 5) is 11.7. The molecule has 0 aromatic rings. The largest absolute Gasteiger partial charge is 0.381 e. The van der Waals surface area contributed by atoms with Gasteiger partial charge < -0.3 is 4.74 Å². The van der Waals surface area contributed by atoms with Crippen molar-refractivity contribution in [1.82, 2.24) is 0 Å². The molecule has 15 heavy (non-hydrogen) atoms. The molecular formula is C12H22O2S. The molecule has 0 spiro atoms. The van der Waals surface area contributed by atoms with Gasteiger partial charge in [0, 0.05) is 24.9 Å². The molecule has 0 aliphatic carbocycles. The molecule has 1 atom stereocenters. The third-order valence-corrected chi connectivity index (χ3v) is 4.35. The van der Waals surface area contributed by atoms with Gasteiger partial charge in [0.2, 0.25) is 0 Å². The van der Waals surface area contributed by atoms with Gasteiger partial charge in [0.05, 0.1) is 5.75 Å². The molecule has 1 fully saturated rings. The van der Waals surface area contributed by atoms with Crippen LogP contribution in [-0.4, -0.2) is 30.0 Å². The lowest BCUT2D eigenvalue weighted by Crippen LogP contribution is -2.19. The van der Waals surface area contributed by atoms with E-state index < -0.39 is 0 Å². The Morgan fingerprint density at radius 1 is 1.47 bits per heavy atom. The van der Waals surface area contributed by atoms with Gasteiger partial charge in [-0.05, 0) is 25.2 Å². The standard InChI is InChI=1S/C12H22O2S/c1-3-10(2)15-9-12(13)8-11-4-6-14-7-5-11/h10-11H,3-9H2,1-2H3. The number of Topliss-reactive ketones (excluding diaryl/α,β-unsaturated/α-hetero) is 1. The summed E-state index contributed by atoms with van der Waals surface area (Å²) < 4.78 is 5.28. The maximum atomic E-state index is 11.7. The lowest BCUT2D eigenvalue weighted by atomic mass is 9.95. The first-order valence-corrected chi connectivity index (χ1v) is 6.98. The van der Waals surface area contributed by atoms with Crippen molar-refractivity contribution in [3.63, 3.8) is 0 Å². The Morgan fingerprint density at radius 2 is 2.13 bits per heavy atom. The average molecular weight is 230 g/mol. The molecule has 0 aromatic heterocycles. The number of ketones is 1. The predicted molar refractivity (Wildman–Crippen MR) is 65.4 cm³/mol. The fourth-order valence-corrected chi connectivity index (χ4v) is 2.51. The molecule has 0 saturated carbocycles. The van der Waals surface area contributed by atoms with Crippen molar-refractivity contribution in [2.75, 3.05) is 19.0 Å². The lowest BCUT2D eigenvalue weighted by Gasteiger charge is -2.21. The Bertz CT molecular complexity index is 188. The van der Waals surface area contributed by atoms with Gasteiger partial charge in [-0.2, -0.15) is 11.8 Å². The van der Waals surface area contributed by atoms with Gasteiger partial charge in [0.15, 0.2) is 0 Å². The fraction of sp³-hybridized carbons (Fsp3) is 0.917. The van der Waals surface area contributed by atoms with Gasteiger partial charge in [0.1, 0.15) is 5.78 Å². The quantitative estimate of drug-likeness (QED) is 0.702. The summed E-state index contributed by atoms with van der Waals surface area (Å²) in [5.74, 6) is 1.71. The van der Waals surface area contributed by atoms with Crippen molar-refractivity contribution in [2.24, 2.45) is 5.92 Å². The molecule has 0 N–H and O–H groups in total. The van der Waals surface area contributed by atoms with E-state index in [0.29, 0.717) is 22.7 Å². The molecule has 3 heteroatoms. The van der Waals surface area contributed by atoms with E-state index in [1.165, 1.54) is 0 Å². The molecular weight excluding hydrogens is 208 g/mol. The lowest BCUT2D eigenvalue weighted by molar-refractivity contribution is -0.118. The van der Waals surface area contributed by atoms with E-state index in [0.717, 1.165) is 38.9 Å². The first kappa shape index (κ1) is 13.0. The van der Waals surface area contributed by atoms with Crippen molar-refractivity contribution in [1.29, 1.82) is 0 Å². The molecule has 1 aliphatic rings. The second-order valence-electron chi connectivity index (χ2n) is 4.33. The first-order chi connectivity index (χ1) is 7.22. The van der Waals surface area contributed by atoms with Crippen LogP contribution in [0.5, 0.6) is 0 Å². The molecule has 0 bridgehead atoms. The highest BCUT2D eigenvalue weighted by molar-refractivity contribution is 8.00. The number of carbonyl (C=O) groups is 1. The van der Waals surface area contributed by atoms with E-state index in [9.17, 15) is 4.79 Å². The van der Waals surface area contributed by atoms with Gasteiger partial charge in [-0.1, -0.05) is 13.8 Å². The van der Waals surface area contributed by atoms with E-state index in [1.807, 2.05) is 0 Å². The summed E-state index contributed by atoms with van der Waals surface area (Å²) in [6.07, 6.45) is 4.06. The summed E-state index contributed by atoms with van der Waals surface area (Å²) in [5, 5.41) is 0.614. The highest BCUT2D eigenvalue weighted by atomic mass is 32.2. The Hall–Kier alpha value is -0.0200. The molecule has 1 unspecified atom stereocenters. The van der Waals surface area contributed by atoms with Crippen molar-refractivity contribution >= 4 is 17.5 Å². The van der Waals surface area contributed by atoms with Gasteiger partial charge >= 0.3 is 0 Å². The Kier molecular flexibility index (Phi) is 6.34. The number of thioether (sulfide) groups is 1. The van der Waals surface area contributed by atoms with Crippen LogP contribution in [0.3, 0.4) is 0 Å². The van der Waals surface area contributed by atoms with Crippen LogP contribution in [0.4, 0.5) is 0 Å². The fourth-order valence-electron chi connectivity index (χ4n) is 1.68. The van der Waals surface area contributed by atoms with Gasteiger partial charge in [-0.25, -0.2) is 0 Å². The van der Waals surface area contributed by atoms with Crippen LogP contribution in [0.15, 0.2) is 0 Å². The van der Waals surface area contributed by atoms with E-state index in [1.54, 1.807) is 11.8 Å². The minimum absolute atomic E-state index is 0.423. The second-order valence-corrected chi connectivity index (χ2v) is 5.76. The number of hydrogen-bond donors (Lipinski definition) is 0. The van der Waals surface area contributed by atoms with Crippen molar-refractivity contribution < 1.29 is 9.53 Å². The summed E-state index contributed by atoms with van der Waals surface area (Å²) in [5.41, 5.74) is 0. The number of rotatable bonds is 6. The van der Waals surface area contributed by atoms with Crippen LogP contribution in [0.1, 0.15) is 39.5 Å². The van der Waals surface area contributed by atoms with Gasteiger partial charge in [-0.15, -0.1) is 0 Å². The maximum absolute atomic E-state index is 11.7. The van der Waals surface area contributed by atoms with Crippen LogP contribution in [0.25, 0.3) is 0 Å². The second kappa shape index (κ2) is 7.29. The van der Waals surface area contributed by atoms with E-state index >= 15 is 0 Å². The molecule has 1 heterocycles. The van der Waals surface area contributed by atoms with Crippen LogP contribution in [0.2, 0.25) is 0 Å². The molecule has 0 aromatic carbocycles. The van der Waals surface area contributed by atoms with Crippen LogP contribution < -0.4 is 0 Å². The van der Waals surface area contributed by atoms with Crippen LogP contribution in [0, 0.1) is 5.92 Å². The SMILES string of the molecule is CCC(C)SCC(=O)CC1CCOCC1. The zero-order valence-electron chi connectivity index (χ0n) is 9.83. The number of carbonyl (C=O) groups excluding carboxylic acids is 1. The van der Waals surface area contributed by atoms with E-state index in [-0.39, 0.29) is 0 Å². The zero-order chi connectivity index (χ0) is 11.1. The van der Waals surface area contributed by atoms with E-state index in [2.05, 4.69) is 13.8 Å². The van der Waals surface area contributed by atoms with Crippen molar-refractivity contribution in [3.8, 4) is 0 Å². The third-order valence-electron chi connectivity index (χ3n) is 2.96. The minimum Gasteiger partial charge on any atom is -0.381 e. The Morgan fingerprint density at radius 3 is 2.73 bits per heavy atom. The smallest absolute Gasteiger partial charge is 0.143 e. The van der Waals surface area contributed by atoms with Crippen LogP contribution in [-0.2, 0) is 9.53 Å². The average Bonchev–Trinajstić information content (AvgIpc) is 2.27. The molecule has 2 nitrogen and oxygen atoms in total. The number of ether oxygens (including phenoxy) is 1. The summed E-state index contributed by atoms with van der Waals surface area (Å²) >= 11 is 1.79. The molecule has 1 saturated heterocycles.